The summed E-state index contributed by atoms with van der Waals surface area (Å²) in [6.07, 6.45) is -3.65. The van der Waals surface area contributed by atoms with Crippen molar-refractivity contribution >= 4 is 0 Å². The second kappa shape index (κ2) is 5.96. The van der Waals surface area contributed by atoms with Gasteiger partial charge in [0.25, 0.3) is 0 Å². The van der Waals surface area contributed by atoms with E-state index in [0.717, 1.165) is 0 Å². The van der Waals surface area contributed by atoms with Crippen molar-refractivity contribution in [3.05, 3.63) is 35.7 Å². The molecule has 120 valence electrons. The number of rotatable bonds is 3. The standard InChI is InChI=1S/C14H13F3N6/c15-14(16,17)12-2-1-7-22(12)9-13-19-20-21-23(13)11-5-3-10(8-18)4-6-11/h3-6,12H,1-2,7,9H2/t12-/m1/s1. The lowest BCUT2D eigenvalue weighted by Gasteiger charge is -2.25. The molecule has 0 unspecified atom stereocenters. The quantitative estimate of drug-likeness (QED) is 0.865. The first kappa shape index (κ1) is 15.4. The molecular weight excluding hydrogens is 309 g/mol. The number of hydrogen-bond acceptors (Lipinski definition) is 5. The molecule has 1 saturated heterocycles. The molecule has 23 heavy (non-hydrogen) atoms. The Balaban J connectivity index is 1.82. The second-order valence-corrected chi connectivity index (χ2v) is 5.34. The van der Waals surface area contributed by atoms with E-state index < -0.39 is 12.2 Å². The zero-order valence-electron chi connectivity index (χ0n) is 12.0. The second-order valence-electron chi connectivity index (χ2n) is 5.34. The maximum absolute atomic E-state index is 13.0. The van der Waals surface area contributed by atoms with E-state index >= 15 is 0 Å². The summed E-state index contributed by atoms with van der Waals surface area (Å²) in [5, 5.41) is 20.0. The highest BCUT2D eigenvalue weighted by molar-refractivity contribution is 5.38. The van der Waals surface area contributed by atoms with E-state index in [2.05, 4.69) is 15.5 Å². The number of nitriles is 1. The molecule has 6 nitrogen and oxygen atoms in total. The highest BCUT2D eigenvalue weighted by Crippen LogP contribution is 2.33. The van der Waals surface area contributed by atoms with Crippen LogP contribution in [0.3, 0.4) is 0 Å². The van der Waals surface area contributed by atoms with Crippen LogP contribution < -0.4 is 0 Å². The van der Waals surface area contributed by atoms with Gasteiger partial charge in [0.05, 0.1) is 23.9 Å². The molecule has 3 rings (SSSR count). The number of hydrogen-bond donors (Lipinski definition) is 0. The smallest absolute Gasteiger partial charge is 0.285 e. The van der Waals surface area contributed by atoms with Gasteiger partial charge in [-0.2, -0.15) is 23.1 Å². The number of alkyl halides is 3. The van der Waals surface area contributed by atoms with Crippen LogP contribution in [0.25, 0.3) is 5.69 Å². The van der Waals surface area contributed by atoms with Gasteiger partial charge in [0.1, 0.15) is 6.04 Å². The van der Waals surface area contributed by atoms with Crippen LogP contribution >= 0.6 is 0 Å². The number of benzene rings is 1. The molecule has 1 aromatic heterocycles. The Labute approximate surface area is 130 Å². The summed E-state index contributed by atoms with van der Waals surface area (Å²) in [6, 6.07) is 7.08. The topological polar surface area (TPSA) is 70.6 Å². The Morgan fingerprint density at radius 3 is 2.65 bits per heavy atom. The number of tetrazole rings is 1. The van der Waals surface area contributed by atoms with Gasteiger partial charge in [-0.3, -0.25) is 4.90 Å². The van der Waals surface area contributed by atoms with Crippen LogP contribution in [-0.4, -0.2) is 43.9 Å². The summed E-state index contributed by atoms with van der Waals surface area (Å²) in [5.41, 5.74) is 1.09. The Bertz CT molecular complexity index is 715. The van der Waals surface area contributed by atoms with Crippen LogP contribution in [-0.2, 0) is 6.54 Å². The Morgan fingerprint density at radius 1 is 1.26 bits per heavy atom. The van der Waals surface area contributed by atoms with Crippen molar-refractivity contribution in [1.82, 2.24) is 25.1 Å². The van der Waals surface area contributed by atoms with E-state index in [9.17, 15) is 13.2 Å². The van der Waals surface area contributed by atoms with Crippen LogP contribution in [0.1, 0.15) is 24.2 Å². The van der Waals surface area contributed by atoms with Gasteiger partial charge in [-0.25, -0.2) is 0 Å². The number of halogens is 3. The lowest BCUT2D eigenvalue weighted by atomic mass is 10.2. The maximum atomic E-state index is 13.0. The van der Waals surface area contributed by atoms with Crippen molar-refractivity contribution < 1.29 is 13.2 Å². The summed E-state index contributed by atoms with van der Waals surface area (Å²) < 4.78 is 40.4. The molecule has 1 aliphatic heterocycles. The van der Waals surface area contributed by atoms with Crippen molar-refractivity contribution in [2.24, 2.45) is 0 Å². The summed E-state index contributed by atoms with van der Waals surface area (Å²) in [5.74, 6) is 0.339. The SMILES string of the molecule is N#Cc1ccc(-n2nnnc2CN2CCC[C@@H]2C(F)(F)F)cc1. The van der Waals surface area contributed by atoms with Crippen LogP contribution in [0.2, 0.25) is 0 Å². The van der Waals surface area contributed by atoms with E-state index in [-0.39, 0.29) is 13.0 Å². The minimum atomic E-state index is -4.25. The van der Waals surface area contributed by atoms with Gasteiger partial charge in [0.2, 0.25) is 0 Å². The molecule has 0 aliphatic carbocycles. The van der Waals surface area contributed by atoms with Crippen molar-refractivity contribution in [3.63, 3.8) is 0 Å². The molecule has 1 aliphatic rings. The molecular formula is C14H13F3N6. The highest BCUT2D eigenvalue weighted by atomic mass is 19.4. The lowest BCUT2D eigenvalue weighted by Crippen LogP contribution is -2.41. The first-order valence-corrected chi connectivity index (χ1v) is 7.07. The molecule has 9 heteroatoms. The minimum Gasteiger partial charge on any atom is -0.285 e. The first-order chi connectivity index (χ1) is 11.0. The summed E-state index contributed by atoms with van der Waals surface area (Å²) >= 11 is 0. The van der Waals surface area contributed by atoms with Crippen molar-refractivity contribution in [1.29, 1.82) is 5.26 Å². The monoisotopic (exact) mass is 322 g/mol. The Kier molecular flexibility index (Phi) is 4.00. The molecule has 1 aromatic carbocycles. The molecule has 2 aromatic rings. The van der Waals surface area contributed by atoms with E-state index in [4.69, 9.17) is 5.26 Å². The largest absolute Gasteiger partial charge is 0.404 e. The van der Waals surface area contributed by atoms with E-state index in [1.54, 1.807) is 24.3 Å². The van der Waals surface area contributed by atoms with Gasteiger partial charge in [-0.1, -0.05) is 0 Å². The summed E-state index contributed by atoms with van der Waals surface area (Å²) in [7, 11) is 0. The van der Waals surface area contributed by atoms with Crippen LogP contribution in [0.15, 0.2) is 24.3 Å². The van der Waals surface area contributed by atoms with E-state index in [1.807, 2.05) is 6.07 Å². The lowest BCUT2D eigenvalue weighted by molar-refractivity contribution is -0.177. The molecule has 1 atom stereocenters. The fourth-order valence-electron chi connectivity index (χ4n) is 2.75. The normalized spacial score (nSPS) is 19.0. The van der Waals surface area contributed by atoms with Crippen molar-refractivity contribution in [2.45, 2.75) is 31.6 Å². The molecule has 0 spiro atoms. The average molecular weight is 322 g/mol. The van der Waals surface area contributed by atoms with Gasteiger partial charge < -0.3 is 0 Å². The molecule has 0 radical (unpaired) electrons. The third-order valence-electron chi connectivity index (χ3n) is 3.86. The Morgan fingerprint density at radius 2 is 2.00 bits per heavy atom. The number of likely N-dealkylation sites (tertiary alicyclic amines) is 1. The minimum absolute atomic E-state index is 0.0250. The fourth-order valence-corrected chi connectivity index (χ4v) is 2.75. The molecule has 0 amide bonds. The zero-order valence-corrected chi connectivity index (χ0v) is 12.0. The van der Waals surface area contributed by atoms with Gasteiger partial charge in [0.15, 0.2) is 5.82 Å². The molecule has 0 N–H and O–H groups in total. The molecule has 1 fully saturated rings. The summed E-state index contributed by atoms with van der Waals surface area (Å²) in [6.45, 7) is 0.390. The average Bonchev–Trinajstić information content (AvgIpc) is 3.16. The van der Waals surface area contributed by atoms with Gasteiger partial charge in [-0.05, 0) is 54.1 Å². The van der Waals surface area contributed by atoms with Crippen molar-refractivity contribution in [2.75, 3.05) is 6.54 Å². The van der Waals surface area contributed by atoms with Crippen LogP contribution in [0, 0.1) is 11.3 Å². The fraction of sp³-hybridized carbons (Fsp3) is 0.429. The number of aromatic nitrogens is 4. The van der Waals surface area contributed by atoms with Crippen molar-refractivity contribution in [3.8, 4) is 11.8 Å². The van der Waals surface area contributed by atoms with Crippen LogP contribution in [0.5, 0.6) is 0 Å². The van der Waals surface area contributed by atoms with Crippen LogP contribution in [0.4, 0.5) is 13.2 Å². The maximum Gasteiger partial charge on any atom is 0.404 e. The van der Waals surface area contributed by atoms with Gasteiger partial charge in [-0.15, -0.1) is 5.10 Å². The Hall–Kier alpha value is -2.47. The molecule has 0 saturated carbocycles. The van der Waals surface area contributed by atoms with E-state index in [1.165, 1.54) is 9.58 Å². The first-order valence-electron chi connectivity index (χ1n) is 7.07. The van der Waals surface area contributed by atoms with Gasteiger partial charge >= 0.3 is 6.18 Å². The molecule has 2 heterocycles. The van der Waals surface area contributed by atoms with Gasteiger partial charge in [0, 0.05) is 0 Å². The molecule has 0 bridgehead atoms. The third-order valence-corrected chi connectivity index (χ3v) is 3.86. The summed E-state index contributed by atoms with van der Waals surface area (Å²) in [4.78, 5) is 1.35. The van der Waals surface area contributed by atoms with E-state index in [0.29, 0.717) is 30.0 Å². The third kappa shape index (κ3) is 3.17. The predicted molar refractivity (Wildman–Crippen MR) is 73.4 cm³/mol. The zero-order chi connectivity index (χ0) is 16.4. The number of nitrogens with zero attached hydrogens (tertiary/aromatic N) is 6. The highest BCUT2D eigenvalue weighted by Gasteiger charge is 2.46. The predicted octanol–water partition coefficient (Wildman–Crippen LogP) is 2.06.